The fraction of sp³-hybridized carbons (Fsp3) is 0. The third kappa shape index (κ3) is 6.30. The minimum absolute atomic E-state index is 0. The van der Waals surface area contributed by atoms with Gasteiger partial charge < -0.3 is 19.4 Å². The molecule has 0 fully saturated rings. The molecule has 116 valence electrons. The van der Waals surface area contributed by atoms with Gasteiger partial charge in [0, 0.05) is 0 Å². The molecule has 1 N–H and O–H groups in total. The van der Waals surface area contributed by atoms with Crippen molar-refractivity contribution in [3.8, 4) is 17.2 Å². The quantitative estimate of drug-likeness (QED) is 0.634. The monoisotopic (exact) mass is 330 g/mol. The van der Waals surface area contributed by atoms with E-state index >= 15 is 0 Å². The van der Waals surface area contributed by atoms with Crippen LogP contribution in [-0.2, 0) is 0 Å². The van der Waals surface area contributed by atoms with E-state index in [-0.39, 0.29) is 35.0 Å². The van der Waals surface area contributed by atoms with Gasteiger partial charge in [0.2, 0.25) is 0 Å². The second kappa shape index (κ2) is 10.8. The van der Waals surface area contributed by atoms with E-state index in [1.807, 2.05) is 91.0 Å². The first kappa shape index (κ1) is 20.1. The summed E-state index contributed by atoms with van der Waals surface area (Å²) in [4.78, 5) is 0. The van der Waals surface area contributed by atoms with E-state index in [9.17, 15) is 0 Å². The van der Waals surface area contributed by atoms with Crippen LogP contribution in [0.1, 0.15) is 0 Å². The topological polar surface area (TPSA) is 57.7 Å². The zero-order chi connectivity index (χ0) is 15.0. The fourth-order valence-electron chi connectivity index (χ4n) is 1.90. The molecule has 0 saturated heterocycles. The number of benzene rings is 3. The van der Waals surface area contributed by atoms with Crippen molar-refractivity contribution in [2.45, 2.75) is 0 Å². The number of rotatable bonds is 6. The molecule has 0 aliphatic heterocycles. The molecular weight excluding hydrogens is 314 g/mol. The molecule has 0 aliphatic rings. The van der Waals surface area contributed by atoms with Crippen LogP contribution in [0.2, 0.25) is 0 Å². The minimum Gasteiger partial charge on any atom is -0.870 e. The van der Waals surface area contributed by atoms with Crippen molar-refractivity contribution in [1.29, 1.82) is 0 Å². The molecule has 3 aromatic rings. The molecule has 0 amide bonds. The van der Waals surface area contributed by atoms with Gasteiger partial charge in [-0.2, -0.15) is 0 Å². The Morgan fingerprint density at radius 1 is 0.458 bits per heavy atom. The summed E-state index contributed by atoms with van der Waals surface area (Å²) in [7, 11) is -0.868. The standard InChI is InChI=1S/C18H15BO3.Na.H2O/c1-4-10-16(11-5-1)20-19(21-17-12-6-2-7-13-17)22-18-14-8-3-9-15-18;;/h1-15H;;1H2/q;+1;/p-1. The molecule has 0 unspecified atom stereocenters. The maximum Gasteiger partial charge on any atom is 1.00 e. The number of para-hydroxylation sites is 3. The Bertz CT molecular complexity index is 584. The molecular formula is C18H16BNaO4. The summed E-state index contributed by atoms with van der Waals surface area (Å²) in [6, 6.07) is 28.3. The van der Waals surface area contributed by atoms with Gasteiger partial charge in [-0.25, -0.2) is 0 Å². The number of hydrogen-bond acceptors (Lipinski definition) is 4. The Labute approximate surface area is 164 Å². The largest absolute Gasteiger partial charge is 1.00 e. The summed E-state index contributed by atoms with van der Waals surface area (Å²) < 4.78 is 17.3. The fourth-order valence-corrected chi connectivity index (χ4v) is 1.90. The van der Waals surface area contributed by atoms with Gasteiger partial charge in [0.05, 0.1) is 0 Å². The van der Waals surface area contributed by atoms with Crippen molar-refractivity contribution in [2.24, 2.45) is 0 Å². The average Bonchev–Trinajstić information content (AvgIpc) is 2.57. The van der Waals surface area contributed by atoms with Crippen LogP contribution >= 0.6 is 0 Å². The Kier molecular flexibility index (Phi) is 9.04. The first-order valence-electron chi connectivity index (χ1n) is 7.05. The van der Waals surface area contributed by atoms with Gasteiger partial charge in [0.15, 0.2) is 0 Å². The van der Waals surface area contributed by atoms with Crippen molar-refractivity contribution in [3.05, 3.63) is 91.0 Å². The zero-order valence-electron chi connectivity index (χ0n) is 13.4. The third-order valence-corrected chi connectivity index (χ3v) is 2.93. The van der Waals surface area contributed by atoms with Gasteiger partial charge >= 0.3 is 36.9 Å². The predicted octanol–water partition coefficient (Wildman–Crippen LogP) is 1.04. The summed E-state index contributed by atoms with van der Waals surface area (Å²) in [5.41, 5.74) is 0. The minimum atomic E-state index is -0.868. The molecule has 4 nitrogen and oxygen atoms in total. The van der Waals surface area contributed by atoms with Gasteiger partial charge in [-0.15, -0.1) is 0 Å². The van der Waals surface area contributed by atoms with Crippen molar-refractivity contribution in [1.82, 2.24) is 0 Å². The first-order chi connectivity index (χ1) is 10.9. The summed E-state index contributed by atoms with van der Waals surface area (Å²) >= 11 is 0. The van der Waals surface area contributed by atoms with E-state index in [0.717, 1.165) is 0 Å². The number of hydrogen-bond donors (Lipinski definition) is 0. The molecule has 3 aromatic carbocycles. The molecule has 0 heterocycles. The molecule has 6 heteroatoms. The van der Waals surface area contributed by atoms with E-state index in [1.165, 1.54) is 0 Å². The van der Waals surface area contributed by atoms with Crippen LogP contribution in [-0.4, -0.2) is 12.8 Å². The molecule has 0 aromatic heterocycles. The van der Waals surface area contributed by atoms with E-state index in [2.05, 4.69) is 0 Å². The molecule has 0 spiro atoms. The van der Waals surface area contributed by atoms with E-state index in [1.54, 1.807) is 0 Å². The summed E-state index contributed by atoms with van der Waals surface area (Å²) in [6.07, 6.45) is 0. The average molecular weight is 330 g/mol. The predicted molar refractivity (Wildman–Crippen MR) is 88.9 cm³/mol. The van der Waals surface area contributed by atoms with Crippen LogP contribution in [0, 0.1) is 0 Å². The van der Waals surface area contributed by atoms with Gasteiger partial charge in [0.1, 0.15) is 17.2 Å². The third-order valence-electron chi connectivity index (χ3n) is 2.93. The smallest absolute Gasteiger partial charge is 0.870 e. The van der Waals surface area contributed by atoms with Crippen molar-refractivity contribution >= 4 is 7.32 Å². The molecule has 0 bridgehead atoms. The normalized spacial score (nSPS) is 9.00. The maximum atomic E-state index is 5.78. The summed E-state index contributed by atoms with van der Waals surface area (Å²) in [5, 5.41) is 0. The Morgan fingerprint density at radius 2 is 0.708 bits per heavy atom. The molecule has 0 atom stereocenters. The molecule has 0 saturated carbocycles. The molecule has 0 aliphatic carbocycles. The zero-order valence-corrected chi connectivity index (χ0v) is 15.4. The van der Waals surface area contributed by atoms with Gasteiger partial charge in [-0.3, -0.25) is 0 Å². The maximum absolute atomic E-state index is 5.78. The van der Waals surface area contributed by atoms with E-state index < -0.39 is 7.32 Å². The van der Waals surface area contributed by atoms with Crippen LogP contribution in [0.4, 0.5) is 0 Å². The molecule has 3 rings (SSSR count). The van der Waals surface area contributed by atoms with Crippen molar-refractivity contribution in [3.63, 3.8) is 0 Å². The Morgan fingerprint density at radius 3 is 0.958 bits per heavy atom. The van der Waals surface area contributed by atoms with Gasteiger partial charge in [-0.05, 0) is 36.4 Å². The van der Waals surface area contributed by atoms with Gasteiger partial charge in [0.25, 0.3) is 0 Å². The van der Waals surface area contributed by atoms with Crippen LogP contribution in [0.3, 0.4) is 0 Å². The van der Waals surface area contributed by atoms with Crippen LogP contribution in [0.15, 0.2) is 91.0 Å². The van der Waals surface area contributed by atoms with Crippen molar-refractivity contribution < 1.29 is 49.0 Å². The molecule has 0 radical (unpaired) electrons. The summed E-state index contributed by atoms with van der Waals surface area (Å²) in [5.74, 6) is 2.04. The van der Waals surface area contributed by atoms with Crippen LogP contribution in [0.5, 0.6) is 17.2 Å². The van der Waals surface area contributed by atoms with Gasteiger partial charge in [-0.1, -0.05) is 54.6 Å². The SMILES string of the molecule is [Na+].[OH-].c1ccc(OB(Oc2ccccc2)Oc2ccccc2)cc1. The van der Waals surface area contributed by atoms with E-state index in [4.69, 9.17) is 14.0 Å². The Balaban J connectivity index is 0.00000144. The molecule has 24 heavy (non-hydrogen) atoms. The van der Waals surface area contributed by atoms with E-state index in [0.29, 0.717) is 17.2 Å². The van der Waals surface area contributed by atoms with Crippen LogP contribution in [0.25, 0.3) is 0 Å². The van der Waals surface area contributed by atoms with Crippen LogP contribution < -0.4 is 43.5 Å². The Hall–Kier alpha value is -1.92. The first-order valence-corrected chi connectivity index (χ1v) is 7.05. The van der Waals surface area contributed by atoms with Crippen molar-refractivity contribution in [2.75, 3.05) is 0 Å². The second-order valence-corrected chi connectivity index (χ2v) is 4.58. The summed E-state index contributed by atoms with van der Waals surface area (Å²) in [6.45, 7) is 0. The second-order valence-electron chi connectivity index (χ2n) is 4.58.